The van der Waals surface area contributed by atoms with Crippen LogP contribution in [0.15, 0.2) is 47.3 Å². The van der Waals surface area contributed by atoms with Crippen LogP contribution in [0, 0.1) is 0 Å². The minimum Gasteiger partial charge on any atom is -0.506 e. The fourth-order valence-electron chi connectivity index (χ4n) is 5.48. The molecule has 4 aromatic rings. The van der Waals surface area contributed by atoms with Crippen molar-refractivity contribution >= 4 is 21.9 Å². The molecule has 0 bridgehead atoms. The molecule has 1 atom stereocenters. The monoisotopic (exact) mass is 504 g/mol. The summed E-state index contributed by atoms with van der Waals surface area (Å²) in [6, 6.07) is 13.1. The van der Waals surface area contributed by atoms with Gasteiger partial charge in [0.25, 0.3) is 0 Å². The molecule has 2 heterocycles. The molecule has 5 rings (SSSR count). The van der Waals surface area contributed by atoms with Crippen LogP contribution in [-0.2, 0) is 13.1 Å². The normalized spacial score (nSPS) is 15.6. The van der Waals surface area contributed by atoms with Gasteiger partial charge in [-0.2, -0.15) is 0 Å². The Balaban J connectivity index is 1.15. The summed E-state index contributed by atoms with van der Waals surface area (Å²) < 4.78 is 1.99. The molecule has 2 aromatic carbocycles. The predicted molar refractivity (Wildman–Crippen MR) is 145 cm³/mol. The first-order chi connectivity index (χ1) is 18.0. The minimum absolute atomic E-state index is 0.0193. The molecule has 9 nitrogen and oxygen atoms in total. The van der Waals surface area contributed by atoms with E-state index in [-0.39, 0.29) is 11.3 Å². The van der Waals surface area contributed by atoms with E-state index in [1.807, 2.05) is 10.7 Å². The van der Waals surface area contributed by atoms with Crippen LogP contribution in [0.3, 0.4) is 0 Å². The van der Waals surface area contributed by atoms with Crippen LogP contribution in [-0.4, -0.2) is 61.3 Å². The van der Waals surface area contributed by atoms with E-state index < -0.39 is 6.10 Å². The van der Waals surface area contributed by atoms with E-state index in [2.05, 4.69) is 44.7 Å². The van der Waals surface area contributed by atoms with Crippen molar-refractivity contribution in [1.29, 1.82) is 0 Å². The van der Waals surface area contributed by atoms with Gasteiger partial charge in [-0.3, -0.25) is 4.79 Å². The third-order valence-electron chi connectivity index (χ3n) is 7.59. The molecule has 2 aromatic heterocycles. The molecular weight excluding hydrogens is 468 g/mol. The molecule has 0 unspecified atom stereocenters. The van der Waals surface area contributed by atoms with Crippen molar-refractivity contribution in [2.75, 3.05) is 20.1 Å². The third kappa shape index (κ3) is 5.84. The topological polar surface area (TPSA) is 119 Å². The number of H-pyrrole nitrogens is 1. The molecule has 37 heavy (non-hydrogen) atoms. The van der Waals surface area contributed by atoms with Gasteiger partial charge in [-0.25, -0.2) is 4.68 Å². The zero-order valence-electron chi connectivity index (χ0n) is 21.4. The van der Waals surface area contributed by atoms with Gasteiger partial charge in [-0.1, -0.05) is 36.6 Å². The number of aromatic hydroxyl groups is 1. The van der Waals surface area contributed by atoms with Crippen molar-refractivity contribution < 1.29 is 10.2 Å². The van der Waals surface area contributed by atoms with Crippen molar-refractivity contribution in [2.24, 2.45) is 0 Å². The number of rotatable bonds is 10. The summed E-state index contributed by atoms with van der Waals surface area (Å²) in [6.07, 6.45) is 6.98. The van der Waals surface area contributed by atoms with Crippen LogP contribution in [0.25, 0.3) is 21.9 Å². The lowest BCUT2D eigenvalue weighted by atomic mass is 9.94. The van der Waals surface area contributed by atoms with Crippen molar-refractivity contribution in [3.8, 4) is 5.75 Å². The van der Waals surface area contributed by atoms with Crippen molar-refractivity contribution in [3.63, 3.8) is 0 Å². The van der Waals surface area contributed by atoms with Crippen LogP contribution in [0.1, 0.15) is 55.8 Å². The van der Waals surface area contributed by atoms with E-state index in [1.165, 1.54) is 44.2 Å². The highest BCUT2D eigenvalue weighted by Crippen LogP contribution is 2.28. The van der Waals surface area contributed by atoms with Crippen LogP contribution in [0.2, 0.25) is 0 Å². The third-order valence-corrected chi connectivity index (χ3v) is 7.59. The summed E-state index contributed by atoms with van der Waals surface area (Å²) in [5.41, 5.74) is 3.64. The number of aliphatic hydroxyl groups excluding tert-OH is 1. The highest BCUT2D eigenvalue weighted by Gasteiger charge is 2.18. The van der Waals surface area contributed by atoms with Gasteiger partial charge in [-0.15, -0.1) is 5.10 Å². The molecular formula is C28H36N6O3. The second kappa shape index (κ2) is 11.4. The number of phenolic OH excluding ortho intramolecular Hbond substituents is 1. The zero-order chi connectivity index (χ0) is 25.8. The molecule has 196 valence electrons. The van der Waals surface area contributed by atoms with Crippen molar-refractivity contribution in [1.82, 2.24) is 30.2 Å². The molecule has 1 aliphatic rings. The molecule has 4 N–H and O–H groups in total. The SMILES string of the molecule is CN(CCCn1nnc2cc(CNC[C@@H](O)c3ccc(O)c4[nH]c(=O)ccc34)ccc21)C1CCCCC1. The van der Waals surface area contributed by atoms with Gasteiger partial charge < -0.3 is 25.4 Å². The number of aromatic nitrogens is 4. The smallest absolute Gasteiger partial charge is 0.248 e. The number of benzene rings is 2. The van der Waals surface area contributed by atoms with Gasteiger partial charge >= 0.3 is 0 Å². The highest BCUT2D eigenvalue weighted by molar-refractivity contribution is 5.87. The molecule has 0 spiro atoms. The fourth-order valence-corrected chi connectivity index (χ4v) is 5.48. The Morgan fingerprint density at radius 1 is 1.16 bits per heavy atom. The van der Waals surface area contributed by atoms with Gasteiger partial charge in [0.2, 0.25) is 5.56 Å². The molecule has 0 amide bonds. The summed E-state index contributed by atoms with van der Waals surface area (Å²) in [5.74, 6) is -0.0193. The zero-order valence-corrected chi connectivity index (χ0v) is 21.4. The van der Waals surface area contributed by atoms with Crippen molar-refractivity contribution in [2.45, 2.75) is 63.8 Å². The maximum atomic E-state index is 11.6. The lowest BCUT2D eigenvalue weighted by Gasteiger charge is -2.31. The van der Waals surface area contributed by atoms with E-state index in [1.54, 1.807) is 12.1 Å². The molecule has 0 radical (unpaired) electrons. The van der Waals surface area contributed by atoms with Crippen LogP contribution in [0.5, 0.6) is 5.75 Å². The number of nitrogens with zero attached hydrogens (tertiary/aromatic N) is 4. The van der Waals surface area contributed by atoms with Gasteiger partial charge in [-0.05, 0) is 68.2 Å². The summed E-state index contributed by atoms with van der Waals surface area (Å²) in [6.45, 7) is 2.81. The maximum Gasteiger partial charge on any atom is 0.248 e. The Kier molecular flexibility index (Phi) is 7.83. The lowest BCUT2D eigenvalue weighted by molar-refractivity contribution is 0.176. The fraction of sp³-hybridized carbons (Fsp3) is 0.464. The Morgan fingerprint density at radius 2 is 2.00 bits per heavy atom. The molecule has 9 heteroatoms. The van der Waals surface area contributed by atoms with Crippen LogP contribution in [0.4, 0.5) is 0 Å². The molecule has 0 saturated heterocycles. The second-order valence-corrected chi connectivity index (χ2v) is 10.2. The first kappa shape index (κ1) is 25.4. The first-order valence-electron chi connectivity index (χ1n) is 13.3. The number of nitrogens with one attached hydrogen (secondary N) is 2. The Bertz CT molecular complexity index is 1410. The number of aromatic amines is 1. The summed E-state index contributed by atoms with van der Waals surface area (Å²) in [7, 11) is 2.25. The number of aliphatic hydroxyl groups is 1. The second-order valence-electron chi connectivity index (χ2n) is 10.2. The largest absolute Gasteiger partial charge is 0.506 e. The van der Waals surface area contributed by atoms with E-state index in [9.17, 15) is 15.0 Å². The highest BCUT2D eigenvalue weighted by atomic mass is 16.3. The number of fused-ring (bicyclic) bond motifs is 2. The summed E-state index contributed by atoms with van der Waals surface area (Å²) in [4.78, 5) is 16.8. The average molecular weight is 505 g/mol. The number of hydrogen-bond acceptors (Lipinski definition) is 7. The minimum atomic E-state index is -0.801. The quantitative estimate of drug-likeness (QED) is 0.261. The summed E-state index contributed by atoms with van der Waals surface area (Å²) >= 11 is 0. The van der Waals surface area contributed by atoms with Gasteiger partial charge in [0.15, 0.2) is 0 Å². The first-order valence-corrected chi connectivity index (χ1v) is 13.3. The standard InChI is InChI=1S/C28H36N6O3/c1-33(20-6-3-2-4-7-20)14-5-15-34-24-11-8-19(16-23(24)31-32-34)17-29-18-26(36)21-9-12-25(35)28-22(21)10-13-27(37)30-28/h8-13,16,20,26,29,35-36H,2-7,14-15,17-18H2,1H3,(H,30,37)/t26-/m1/s1. The van der Waals surface area contributed by atoms with Crippen LogP contribution >= 0.6 is 0 Å². The van der Waals surface area contributed by atoms with E-state index >= 15 is 0 Å². The maximum absolute atomic E-state index is 11.6. The molecule has 0 aliphatic heterocycles. The summed E-state index contributed by atoms with van der Waals surface area (Å²) in [5, 5.41) is 33.5. The number of hydrogen-bond donors (Lipinski definition) is 4. The number of pyridine rings is 1. The molecule has 1 saturated carbocycles. The van der Waals surface area contributed by atoms with Crippen LogP contribution < -0.4 is 10.9 Å². The van der Waals surface area contributed by atoms with Crippen molar-refractivity contribution in [3.05, 3.63) is 63.9 Å². The van der Waals surface area contributed by atoms with Gasteiger partial charge in [0.1, 0.15) is 11.3 Å². The average Bonchev–Trinajstić information content (AvgIpc) is 3.31. The van der Waals surface area contributed by atoms with E-state index in [0.717, 1.165) is 42.1 Å². The molecule has 1 fully saturated rings. The van der Waals surface area contributed by atoms with E-state index in [0.29, 0.717) is 29.6 Å². The Hall–Kier alpha value is -3.27. The number of aryl methyl sites for hydroxylation is 1. The Morgan fingerprint density at radius 3 is 2.84 bits per heavy atom. The predicted octanol–water partition coefficient (Wildman–Crippen LogP) is 3.46. The number of phenols is 1. The van der Waals surface area contributed by atoms with E-state index in [4.69, 9.17) is 0 Å². The lowest BCUT2D eigenvalue weighted by Crippen LogP contribution is -2.34. The molecule has 1 aliphatic carbocycles. The Labute approximate surface area is 216 Å². The van der Waals surface area contributed by atoms with Gasteiger partial charge in [0.05, 0.1) is 17.1 Å². The van der Waals surface area contributed by atoms with Gasteiger partial charge in [0, 0.05) is 37.1 Å².